The topological polar surface area (TPSA) is 137 Å². The smallest absolute Gasteiger partial charge is 0.272 e. The lowest BCUT2D eigenvalue weighted by molar-refractivity contribution is -0.138. The number of nitrogens with one attached hydrogen (secondary N) is 2. The first kappa shape index (κ1) is 26.5. The van der Waals surface area contributed by atoms with Crippen molar-refractivity contribution in [1.82, 2.24) is 30.1 Å². The van der Waals surface area contributed by atoms with Gasteiger partial charge in [0.15, 0.2) is 0 Å². The Balaban J connectivity index is 1.12. The summed E-state index contributed by atoms with van der Waals surface area (Å²) in [6.45, 7) is 6.70. The molecule has 3 aromatic heterocycles. The summed E-state index contributed by atoms with van der Waals surface area (Å²) in [5, 5.41) is 3.92. The molecule has 3 atom stereocenters. The number of carbonyl (C=O) groups excluding carboxylic acids is 3. The number of hydrogen-bond donors (Lipinski definition) is 3. The number of aromatic amines is 1. The molecule has 0 radical (unpaired) electrons. The number of hydrogen-bond acceptors (Lipinski definition) is 6. The summed E-state index contributed by atoms with van der Waals surface area (Å²) in [5.41, 5.74) is 8.94. The Bertz CT molecular complexity index is 1590. The molecule has 6 rings (SSSR count). The maximum atomic E-state index is 13.8. The van der Waals surface area contributed by atoms with Gasteiger partial charge in [0, 0.05) is 35.8 Å². The van der Waals surface area contributed by atoms with Gasteiger partial charge in [-0.15, -0.1) is 0 Å². The van der Waals surface area contributed by atoms with Crippen LogP contribution >= 0.6 is 0 Å². The molecule has 10 heteroatoms. The van der Waals surface area contributed by atoms with E-state index in [0.29, 0.717) is 36.6 Å². The van der Waals surface area contributed by atoms with Crippen molar-refractivity contribution in [2.24, 2.45) is 5.41 Å². The zero-order chi connectivity index (χ0) is 28.9. The molecule has 2 aliphatic heterocycles. The number of aromatic nitrogens is 3. The molecule has 210 valence electrons. The van der Waals surface area contributed by atoms with E-state index in [9.17, 15) is 14.4 Å². The molecule has 2 saturated heterocycles. The quantitative estimate of drug-likeness (QED) is 0.347. The highest BCUT2D eigenvalue weighted by Crippen LogP contribution is 2.34. The normalized spacial score (nSPS) is 19.0. The van der Waals surface area contributed by atoms with Crippen LogP contribution in [0.25, 0.3) is 22.2 Å². The number of fused-ring (bicyclic) bond motifs is 3. The summed E-state index contributed by atoms with van der Waals surface area (Å²) in [7, 11) is 0. The summed E-state index contributed by atoms with van der Waals surface area (Å²) in [5.74, 6) is -0.597. The third-order valence-electron chi connectivity index (χ3n) is 8.01. The molecule has 1 unspecified atom stereocenters. The number of H-pyrrole nitrogens is 1. The van der Waals surface area contributed by atoms with Gasteiger partial charge in [-0.05, 0) is 48.2 Å². The fraction of sp³-hybridized carbons (Fsp3) is 0.323. The van der Waals surface area contributed by atoms with Crippen molar-refractivity contribution in [1.29, 1.82) is 0 Å². The van der Waals surface area contributed by atoms with Gasteiger partial charge in [0.2, 0.25) is 5.91 Å². The Hall–Kier alpha value is -4.73. The van der Waals surface area contributed by atoms with Crippen LogP contribution in [0.3, 0.4) is 0 Å². The van der Waals surface area contributed by atoms with Crippen LogP contribution in [0.4, 0.5) is 5.69 Å². The second-order valence-electron chi connectivity index (χ2n) is 11.9. The number of carbonyl (C=O) groups is 3. The van der Waals surface area contributed by atoms with Crippen LogP contribution in [0, 0.1) is 5.41 Å². The maximum absolute atomic E-state index is 13.8. The molecule has 2 aliphatic rings. The van der Waals surface area contributed by atoms with Crippen molar-refractivity contribution in [3.05, 3.63) is 78.4 Å². The lowest BCUT2D eigenvalue weighted by Crippen LogP contribution is -2.59. The summed E-state index contributed by atoms with van der Waals surface area (Å²) in [4.78, 5) is 55.9. The second-order valence-corrected chi connectivity index (χ2v) is 11.9. The Kier molecular flexibility index (Phi) is 6.48. The van der Waals surface area contributed by atoms with Crippen molar-refractivity contribution in [3.8, 4) is 11.3 Å². The number of pyridine rings is 2. The minimum atomic E-state index is -0.721. The fourth-order valence-corrected chi connectivity index (χ4v) is 5.80. The van der Waals surface area contributed by atoms with E-state index >= 15 is 0 Å². The summed E-state index contributed by atoms with van der Waals surface area (Å²) in [6, 6.07) is 15.7. The number of nitrogens with two attached hydrogens (primary N) is 1. The van der Waals surface area contributed by atoms with E-state index < -0.39 is 11.5 Å². The molecule has 10 nitrogen and oxygen atoms in total. The average Bonchev–Trinajstić information content (AvgIpc) is 3.69. The zero-order valence-electron chi connectivity index (χ0n) is 23.3. The number of piperazine rings is 1. The van der Waals surface area contributed by atoms with Crippen LogP contribution in [0.5, 0.6) is 0 Å². The molecular formula is C31H33N7O3. The summed E-state index contributed by atoms with van der Waals surface area (Å²) >= 11 is 0. The third-order valence-corrected chi connectivity index (χ3v) is 8.01. The zero-order valence-corrected chi connectivity index (χ0v) is 23.3. The molecule has 2 fully saturated rings. The SMILES string of the molecule is CC(C)(C)C(NC(=O)c1cc2ccccc2[nH]1)C(=O)N1C[C@@H]2C[C@H]1CN2C(=O)c1ccc(-c2ccc(N)cn2)cn1. The van der Waals surface area contributed by atoms with E-state index in [0.717, 1.165) is 22.2 Å². The van der Waals surface area contributed by atoms with Crippen molar-refractivity contribution in [3.63, 3.8) is 0 Å². The molecule has 4 N–H and O–H groups in total. The molecule has 4 aromatic rings. The number of rotatable bonds is 5. The van der Waals surface area contributed by atoms with Gasteiger partial charge in [-0.1, -0.05) is 39.0 Å². The molecule has 3 amide bonds. The van der Waals surface area contributed by atoms with Gasteiger partial charge in [-0.2, -0.15) is 0 Å². The molecular weight excluding hydrogens is 518 g/mol. The van der Waals surface area contributed by atoms with Crippen LogP contribution in [-0.4, -0.2) is 73.7 Å². The van der Waals surface area contributed by atoms with Gasteiger partial charge in [0.1, 0.15) is 17.4 Å². The predicted molar refractivity (Wildman–Crippen MR) is 156 cm³/mol. The highest BCUT2D eigenvalue weighted by Gasteiger charge is 2.50. The maximum Gasteiger partial charge on any atom is 0.272 e. The Morgan fingerprint density at radius 3 is 2.37 bits per heavy atom. The van der Waals surface area contributed by atoms with Crippen molar-refractivity contribution >= 4 is 34.3 Å². The number of amides is 3. The Morgan fingerprint density at radius 1 is 0.976 bits per heavy atom. The minimum Gasteiger partial charge on any atom is -0.397 e. The molecule has 41 heavy (non-hydrogen) atoms. The van der Waals surface area contributed by atoms with Crippen molar-refractivity contribution in [2.45, 2.75) is 45.3 Å². The number of anilines is 1. The fourth-order valence-electron chi connectivity index (χ4n) is 5.80. The lowest BCUT2D eigenvalue weighted by Gasteiger charge is -2.39. The Labute approximate surface area is 238 Å². The van der Waals surface area contributed by atoms with E-state index in [2.05, 4.69) is 20.3 Å². The number of nitrogen functional groups attached to an aromatic ring is 1. The second kappa shape index (κ2) is 10.0. The van der Waals surface area contributed by atoms with Gasteiger partial charge in [0.05, 0.1) is 29.7 Å². The van der Waals surface area contributed by atoms with Gasteiger partial charge in [-0.25, -0.2) is 0 Å². The monoisotopic (exact) mass is 551 g/mol. The van der Waals surface area contributed by atoms with Crippen LogP contribution in [0.2, 0.25) is 0 Å². The van der Waals surface area contributed by atoms with Crippen LogP contribution in [0.1, 0.15) is 48.2 Å². The molecule has 0 aliphatic carbocycles. The first-order valence-corrected chi connectivity index (χ1v) is 13.8. The molecule has 0 spiro atoms. The van der Waals surface area contributed by atoms with Crippen molar-refractivity contribution < 1.29 is 14.4 Å². The van der Waals surface area contributed by atoms with E-state index in [4.69, 9.17) is 5.73 Å². The van der Waals surface area contributed by atoms with E-state index in [1.165, 1.54) is 0 Å². The largest absolute Gasteiger partial charge is 0.397 e. The lowest BCUT2D eigenvalue weighted by atomic mass is 9.85. The number of benzene rings is 1. The number of para-hydroxylation sites is 1. The molecule has 1 aromatic carbocycles. The summed E-state index contributed by atoms with van der Waals surface area (Å²) < 4.78 is 0. The molecule has 2 bridgehead atoms. The highest BCUT2D eigenvalue weighted by molar-refractivity contribution is 6.00. The standard InChI is InChI=1S/C31H33N7O3/c1-31(2,3)27(36-28(39)26-12-18-6-4-5-7-24(18)35-26)30(41)38-17-21-13-22(38)16-37(21)29(40)25-10-8-19(14-33-25)23-11-9-20(32)15-34-23/h4-12,14-15,21-22,27,35H,13,16-17,32H2,1-3H3,(H,36,39)/t21-,22-,27?/m0/s1. The van der Waals surface area contributed by atoms with Gasteiger partial charge < -0.3 is 25.8 Å². The third kappa shape index (κ3) is 5.01. The van der Waals surface area contributed by atoms with Crippen molar-refractivity contribution in [2.75, 3.05) is 18.8 Å². The highest BCUT2D eigenvalue weighted by atomic mass is 16.2. The number of nitrogens with zero attached hydrogens (tertiary/aromatic N) is 4. The van der Waals surface area contributed by atoms with Gasteiger partial charge >= 0.3 is 0 Å². The average molecular weight is 552 g/mol. The summed E-state index contributed by atoms with van der Waals surface area (Å²) in [6.07, 6.45) is 3.93. The molecule has 5 heterocycles. The van der Waals surface area contributed by atoms with E-state index in [1.54, 1.807) is 30.6 Å². The van der Waals surface area contributed by atoms with Crippen LogP contribution in [-0.2, 0) is 4.79 Å². The molecule has 0 saturated carbocycles. The van der Waals surface area contributed by atoms with E-state index in [1.807, 2.05) is 67.0 Å². The first-order valence-electron chi connectivity index (χ1n) is 13.8. The predicted octanol–water partition coefficient (Wildman–Crippen LogP) is 3.48. The van der Waals surface area contributed by atoms with Gasteiger partial charge in [-0.3, -0.25) is 24.4 Å². The van der Waals surface area contributed by atoms with Gasteiger partial charge in [0.25, 0.3) is 11.8 Å². The van der Waals surface area contributed by atoms with Crippen LogP contribution in [0.15, 0.2) is 67.0 Å². The number of likely N-dealkylation sites (tertiary alicyclic amines) is 2. The minimum absolute atomic E-state index is 0.0956. The van der Waals surface area contributed by atoms with Crippen LogP contribution < -0.4 is 11.1 Å². The van der Waals surface area contributed by atoms with E-state index in [-0.39, 0.29) is 29.8 Å². The first-order chi connectivity index (χ1) is 19.6. The Morgan fingerprint density at radius 2 is 1.73 bits per heavy atom.